The Labute approximate surface area is 132 Å². The van der Waals surface area contributed by atoms with Crippen LogP contribution >= 0.6 is 11.6 Å². The van der Waals surface area contributed by atoms with E-state index in [0.717, 1.165) is 16.8 Å². The predicted molar refractivity (Wildman–Crippen MR) is 87.4 cm³/mol. The van der Waals surface area contributed by atoms with E-state index in [4.69, 9.17) is 21.1 Å². The van der Waals surface area contributed by atoms with Crippen LogP contribution in [-0.4, -0.2) is 24.4 Å². The first kappa shape index (κ1) is 14.4. The van der Waals surface area contributed by atoms with Gasteiger partial charge in [-0.2, -0.15) is 5.10 Å². The molecule has 0 radical (unpaired) electrons. The molecule has 0 unspecified atom stereocenters. The van der Waals surface area contributed by atoms with Gasteiger partial charge in [-0.05, 0) is 18.2 Å². The molecule has 1 N–H and O–H groups in total. The quantitative estimate of drug-likeness (QED) is 0.787. The topological polar surface area (TPSA) is 56.3 Å². The number of hydrogen-bond donors (Lipinski definition) is 1. The molecule has 0 saturated carbocycles. The fourth-order valence-corrected chi connectivity index (χ4v) is 2.43. The second kappa shape index (κ2) is 6.07. The van der Waals surface area contributed by atoms with Crippen molar-refractivity contribution in [1.82, 2.24) is 10.2 Å². The number of halogens is 1. The van der Waals surface area contributed by atoms with E-state index < -0.39 is 0 Å². The maximum atomic E-state index is 6.15. The fraction of sp³-hybridized carbons (Fsp3) is 0.125. The van der Waals surface area contributed by atoms with E-state index in [-0.39, 0.29) is 0 Å². The Morgan fingerprint density at radius 3 is 2.64 bits per heavy atom. The highest BCUT2D eigenvalue weighted by atomic mass is 35.5. The molecule has 0 atom stereocenters. The smallest absolute Gasteiger partial charge is 0.162 e. The van der Waals surface area contributed by atoms with Crippen molar-refractivity contribution in [3.05, 3.63) is 47.6 Å². The Morgan fingerprint density at radius 2 is 1.86 bits per heavy atom. The van der Waals surface area contributed by atoms with Crippen molar-refractivity contribution in [2.24, 2.45) is 0 Å². The molecular formula is C16H14ClN3O2. The summed E-state index contributed by atoms with van der Waals surface area (Å²) in [6.45, 7) is 0. The van der Waals surface area contributed by atoms with E-state index in [1.807, 2.05) is 30.3 Å². The van der Waals surface area contributed by atoms with Crippen LogP contribution in [-0.2, 0) is 0 Å². The van der Waals surface area contributed by atoms with E-state index in [1.54, 1.807) is 26.5 Å². The van der Waals surface area contributed by atoms with Gasteiger partial charge >= 0.3 is 0 Å². The zero-order valence-electron chi connectivity index (χ0n) is 12.1. The number of rotatable bonds is 4. The minimum Gasteiger partial charge on any atom is -0.493 e. The van der Waals surface area contributed by atoms with Gasteiger partial charge in [-0.25, -0.2) is 0 Å². The summed E-state index contributed by atoms with van der Waals surface area (Å²) < 4.78 is 10.5. The lowest BCUT2D eigenvalue weighted by atomic mass is 10.2. The maximum absolute atomic E-state index is 6.15. The molecule has 0 aliphatic carbocycles. The van der Waals surface area contributed by atoms with Gasteiger partial charge in [-0.1, -0.05) is 23.7 Å². The fourth-order valence-electron chi connectivity index (χ4n) is 2.22. The monoisotopic (exact) mass is 315 g/mol. The van der Waals surface area contributed by atoms with Crippen LogP contribution in [0.15, 0.2) is 42.6 Å². The lowest BCUT2D eigenvalue weighted by Crippen LogP contribution is -1.96. The lowest BCUT2D eigenvalue weighted by molar-refractivity contribution is 0.355. The molecule has 3 rings (SSSR count). The average Bonchev–Trinajstić information content (AvgIpc) is 2.55. The van der Waals surface area contributed by atoms with Crippen molar-refractivity contribution in [1.29, 1.82) is 0 Å². The molecule has 0 saturated heterocycles. The van der Waals surface area contributed by atoms with Gasteiger partial charge in [0.25, 0.3) is 0 Å². The molecule has 3 aromatic rings. The Bertz CT molecular complexity index is 824. The summed E-state index contributed by atoms with van der Waals surface area (Å²) in [6.07, 6.45) is 1.66. The normalized spacial score (nSPS) is 10.5. The van der Waals surface area contributed by atoms with Gasteiger partial charge in [0.1, 0.15) is 5.52 Å². The second-order valence-corrected chi connectivity index (χ2v) is 5.00. The third kappa shape index (κ3) is 2.63. The zero-order valence-corrected chi connectivity index (χ0v) is 12.9. The molecule has 22 heavy (non-hydrogen) atoms. The number of ether oxygens (including phenoxy) is 2. The van der Waals surface area contributed by atoms with Crippen molar-refractivity contribution < 1.29 is 9.47 Å². The summed E-state index contributed by atoms with van der Waals surface area (Å²) in [6, 6.07) is 11.2. The van der Waals surface area contributed by atoms with Crippen LogP contribution in [0.5, 0.6) is 11.5 Å². The van der Waals surface area contributed by atoms with Crippen LogP contribution in [0.1, 0.15) is 0 Å². The highest BCUT2D eigenvalue weighted by Crippen LogP contribution is 2.33. The van der Waals surface area contributed by atoms with Gasteiger partial charge < -0.3 is 14.8 Å². The Balaban J connectivity index is 2.02. The second-order valence-electron chi connectivity index (χ2n) is 4.59. The molecule has 1 heterocycles. The van der Waals surface area contributed by atoms with E-state index in [9.17, 15) is 0 Å². The molecule has 1 aromatic heterocycles. The van der Waals surface area contributed by atoms with E-state index in [0.29, 0.717) is 22.0 Å². The Morgan fingerprint density at radius 1 is 1.05 bits per heavy atom. The average molecular weight is 316 g/mol. The van der Waals surface area contributed by atoms with E-state index in [1.165, 1.54) is 0 Å². The number of benzene rings is 2. The molecule has 6 heteroatoms. The highest BCUT2D eigenvalue weighted by molar-refractivity contribution is 6.35. The third-order valence-electron chi connectivity index (χ3n) is 3.28. The highest BCUT2D eigenvalue weighted by Gasteiger charge is 2.08. The molecule has 112 valence electrons. The van der Waals surface area contributed by atoms with Gasteiger partial charge in [0.2, 0.25) is 0 Å². The number of nitrogens with one attached hydrogen (secondary N) is 1. The van der Waals surface area contributed by atoms with Crippen molar-refractivity contribution in [2.45, 2.75) is 0 Å². The van der Waals surface area contributed by atoms with Crippen LogP contribution in [0, 0.1) is 0 Å². The molecule has 2 aromatic carbocycles. The molecular weight excluding hydrogens is 302 g/mol. The number of methoxy groups -OCH3 is 2. The van der Waals surface area contributed by atoms with Crippen LogP contribution in [0.3, 0.4) is 0 Å². The van der Waals surface area contributed by atoms with Crippen molar-refractivity contribution in [3.8, 4) is 11.5 Å². The lowest BCUT2D eigenvalue weighted by Gasteiger charge is -2.12. The van der Waals surface area contributed by atoms with Gasteiger partial charge in [-0.15, -0.1) is 5.10 Å². The van der Waals surface area contributed by atoms with E-state index in [2.05, 4.69) is 15.5 Å². The van der Waals surface area contributed by atoms with Gasteiger partial charge in [0.15, 0.2) is 11.5 Å². The molecule has 5 nitrogen and oxygen atoms in total. The van der Waals surface area contributed by atoms with Crippen LogP contribution < -0.4 is 14.8 Å². The van der Waals surface area contributed by atoms with Crippen LogP contribution in [0.2, 0.25) is 5.02 Å². The minimum atomic E-state index is 0.570. The number of nitrogens with zero attached hydrogens (tertiary/aromatic N) is 2. The molecule has 0 aliphatic rings. The van der Waals surface area contributed by atoms with Crippen molar-refractivity contribution >= 4 is 33.9 Å². The summed E-state index contributed by atoms with van der Waals surface area (Å²) in [5, 5.41) is 12.8. The zero-order chi connectivity index (χ0) is 15.5. The summed E-state index contributed by atoms with van der Waals surface area (Å²) in [5.41, 5.74) is 2.33. The number of hydrogen-bond acceptors (Lipinski definition) is 5. The van der Waals surface area contributed by atoms with Crippen LogP contribution in [0.4, 0.5) is 11.4 Å². The number of fused-ring (bicyclic) bond motifs is 1. The summed E-state index contributed by atoms with van der Waals surface area (Å²) in [4.78, 5) is 0. The molecule has 0 bridgehead atoms. The molecule has 0 amide bonds. The van der Waals surface area contributed by atoms with Crippen molar-refractivity contribution in [3.63, 3.8) is 0 Å². The number of anilines is 2. The van der Waals surface area contributed by atoms with Gasteiger partial charge in [0.05, 0.1) is 31.1 Å². The first-order valence-electron chi connectivity index (χ1n) is 6.62. The van der Waals surface area contributed by atoms with Crippen molar-refractivity contribution in [2.75, 3.05) is 19.5 Å². The standard InChI is InChI=1S/C16H14ClN3O2/c1-21-14-7-6-10(8-15(14)22-2)19-13-9-18-20-16-11(13)4-3-5-12(16)17/h3-9H,1-2H3,(H,19,20). The minimum absolute atomic E-state index is 0.570. The summed E-state index contributed by atoms with van der Waals surface area (Å²) in [5.74, 6) is 1.32. The molecule has 0 spiro atoms. The van der Waals surface area contributed by atoms with Gasteiger partial charge in [0, 0.05) is 17.1 Å². The first-order valence-corrected chi connectivity index (χ1v) is 6.99. The Kier molecular flexibility index (Phi) is 3.98. The molecule has 0 fully saturated rings. The third-order valence-corrected chi connectivity index (χ3v) is 3.59. The first-order chi connectivity index (χ1) is 10.7. The number of aromatic nitrogens is 2. The Hall–Kier alpha value is -2.53. The summed E-state index contributed by atoms with van der Waals surface area (Å²) >= 11 is 6.15. The molecule has 0 aliphatic heterocycles. The van der Waals surface area contributed by atoms with Crippen LogP contribution in [0.25, 0.3) is 10.9 Å². The predicted octanol–water partition coefficient (Wildman–Crippen LogP) is 4.04. The summed E-state index contributed by atoms with van der Waals surface area (Å²) in [7, 11) is 3.21. The largest absolute Gasteiger partial charge is 0.493 e. The van der Waals surface area contributed by atoms with Gasteiger partial charge in [-0.3, -0.25) is 0 Å². The van der Waals surface area contributed by atoms with E-state index >= 15 is 0 Å². The SMILES string of the molecule is COc1ccc(Nc2cnnc3c(Cl)cccc23)cc1OC. The maximum Gasteiger partial charge on any atom is 0.162 e.